The van der Waals surface area contributed by atoms with Crippen LogP contribution in [0.5, 0.6) is 0 Å². The summed E-state index contributed by atoms with van der Waals surface area (Å²) in [5.74, 6) is 0. The van der Waals surface area contributed by atoms with Gasteiger partial charge in [-0.25, -0.2) is 4.79 Å². The summed E-state index contributed by atoms with van der Waals surface area (Å²) in [5, 5.41) is 0. The number of amides is 1. The zero-order valence-corrected chi connectivity index (χ0v) is 14.9. The molecule has 1 saturated heterocycles. The van der Waals surface area contributed by atoms with Crippen LogP contribution < -0.4 is 10.6 Å². The maximum absolute atomic E-state index is 12.1. The Morgan fingerprint density at radius 3 is 2.67 bits per heavy atom. The first-order valence-corrected chi connectivity index (χ1v) is 8.78. The van der Waals surface area contributed by atoms with Gasteiger partial charge in [-0.3, -0.25) is 4.98 Å². The van der Waals surface area contributed by atoms with Crippen LogP contribution in [0.25, 0.3) is 0 Å². The quantitative estimate of drug-likeness (QED) is 0.851. The molecule has 0 aromatic carbocycles. The number of nitrogens with two attached hydrogens (primary N) is 1. The molecule has 1 atom stereocenters. The molecule has 0 radical (unpaired) electrons. The average molecular weight is 332 g/mol. The highest BCUT2D eigenvalue weighted by Crippen LogP contribution is 2.24. The summed E-state index contributed by atoms with van der Waals surface area (Å²) in [6.07, 6.45) is 4.64. The van der Waals surface area contributed by atoms with Crippen molar-refractivity contribution in [3.63, 3.8) is 0 Å². The Kier molecular flexibility index (Phi) is 4.67. The minimum absolute atomic E-state index is 0.222. The number of hydrogen-bond acceptors (Lipinski definition) is 5. The standard InChI is InChI=1S/C18H28N4O2/c1-18(2,3)24-17(23)22-8-6-21(7-9-22)15-10-13-4-5-14(19)11-16(13)20-12-15/h10,12,14H,4-9,11,19H2,1-3H3/t14-/m0/s1. The Labute approximate surface area is 144 Å². The zero-order chi connectivity index (χ0) is 17.3. The molecule has 2 N–H and O–H groups in total. The summed E-state index contributed by atoms with van der Waals surface area (Å²) in [6.45, 7) is 8.65. The van der Waals surface area contributed by atoms with Crippen LogP contribution in [0.1, 0.15) is 38.4 Å². The minimum atomic E-state index is -0.447. The number of nitrogens with zero attached hydrogens (tertiary/aromatic N) is 3. The largest absolute Gasteiger partial charge is 0.444 e. The molecule has 0 spiro atoms. The summed E-state index contributed by atoms with van der Waals surface area (Å²) in [6, 6.07) is 2.49. The number of rotatable bonds is 1. The number of piperazine rings is 1. The molecule has 2 heterocycles. The third kappa shape index (κ3) is 3.98. The van der Waals surface area contributed by atoms with Crippen molar-refractivity contribution in [1.82, 2.24) is 9.88 Å². The van der Waals surface area contributed by atoms with E-state index in [2.05, 4.69) is 16.0 Å². The van der Waals surface area contributed by atoms with Gasteiger partial charge in [-0.2, -0.15) is 0 Å². The monoisotopic (exact) mass is 332 g/mol. The number of anilines is 1. The van der Waals surface area contributed by atoms with Gasteiger partial charge in [-0.05, 0) is 45.2 Å². The topological polar surface area (TPSA) is 71.7 Å². The lowest BCUT2D eigenvalue weighted by Crippen LogP contribution is -2.50. The number of aromatic nitrogens is 1. The fraction of sp³-hybridized carbons (Fsp3) is 0.667. The van der Waals surface area contributed by atoms with Gasteiger partial charge in [0.2, 0.25) is 0 Å². The molecule has 3 rings (SSSR count). The van der Waals surface area contributed by atoms with Crippen molar-refractivity contribution in [2.24, 2.45) is 5.73 Å². The summed E-state index contributed by atoms with van der Waals surface area (Å²) in [4.78, 5) is 20.8. The van der Waals surface area contributed by atoms with E-state index < -0.39 is 5.60 Å². The Balaban J connectivity index is 1.60. The normalized spacial score (nSPS) is 21.4. The molecule has 1 aromatic rings. The molecule has 1 amide bonds. The molecule has 1 fully saturated rings. The lowest BCUT2D eigenvalue weighted by Gasteiger charge is -2.37. The second-order valence-electron chi connectivity index (χ2n) is 7.76. The van der Waals surface area contributed by atoms with E-state index in [1.54, 1.807) is 4.90 Å². The van der Waals surface area contributed by atoms with Crippen LogP contribution in [-0.4, -0.2) is 53.8 Å². The Bertz CT molecular complexity index is 604. The molecule has 0 unspecified atom stereocenters. The molecule has 24 heavy (non-hydrogen) atoms. The van der Waals surface area contributed by atoms with Gasteiger partial charge < -0.3 is 20.3 Å². The first kappa shape index (κ1) is 17.0. The third-order valence-corrected chi connectivity index (χ3v) is 4.58. The minimum Gasteiger partial charge on any atom is -0.444 e. The van der Waals surface area contributed by atoms with Crippen LogP contribution in [-0.2, 0) is 17.6 Å². The smallest absolute Gasteiger partial charge is 0.410 e. The van der Waals surface area contributed by atoms with Crippen LogP contribution in [0.2, 0.25) is 0 Å². The second-order valence-corrected chi connectivity index (χ2v) is 7.76. The molecule has 2 aliphatic rings. The molecule has 0 bridgehead atoms. The van der Waals surface area contributed by atoms with Crippen molar-refractivity contribution in [3.8, 4) is 0 Å². The predicted octanol–water partition coefficient (Wildman–Crippen LogP) is 1.95. The van der Waals surface area contributed by atoms with Gasteiger partial charge in [0.1, 0.15) is 5.60 Å². The number of carbonyl (C=O) groups is 1. The highest BCUT2D eigenvalue weighted by molar-refractivity contribution is 5.68. The van der Waals surface area contributed by atoms with Gasteiger partial charge in [0.25, 0.3) is 0 Å². The van der Waals surface area contributed by atoms with Gasteiger partial charge in [0.15, 0.2) is 0 Å². The number of fused-ring (bicyclic) bond motifs is 1. The predicted molar refractivity (Wildman–Crippen MR) is 94.3 cm³/mol. The van der Waals surface area contributed by atoms with Crippen LogP contribution in [0, 0.1) is 0 Å². The lowest BCUT2D eigenvalue weighted by atomic mass is 9.92. The Hall–Kier alpha value is -1.82. The van der Waals surface area contributed by atoms with Crippen molar-refractivity contribution < 1.29 is 9.53 Å². The third-order valence-electron chi connectivity index (χ3n) is 4.58. The van der Waals surface area contributed by atoms with Crippen LogP contribution >= 0.6 is 0 Å². The highest BCUT2D eigenvalue weighted by atomic mass is 16.6. The van der Waals surface area contributed by atoms with Crippen molar-refractivity contribution in [3.05, 3.63) is 23.5 Å². The summed E-state index contributed by atoms with van der Waals surface area (Å²) in [5.41, 5.74) is 9.18. The van der Waals surface area contributed by atoms with Crippen molar-refractivity contribution in [1.29, 1.82) is 0 Å². The lowest BCUT2D eigenvalue weighted by molar-refractivity contribution is 0.0240. The highest BCUT2D eigenvalue weighted by Gasteiger charge is 2.26. The van der Waals surface area contributed by atoms with E-state index in [0.717, 1.165) is 43.7 Å². The molecule has 1 aromatic heterocycles. The van der Waals surface area contributed by atoms with E-state index in [0.29, 0.717) is 13.1 Å². The molecular weight excluding hydrogens is 304 g/mol. The van der Waals surface area contributed by atoms with E-state index in [4.69, 9.17) is 10.5 Å². The number of carbonyl (C=O) groups excluding carboxylic acids is 1. The second kappa shape index (κ2) is 6.59. The molecule has 132 valence electrons. The van der Waals surface area contributed by atoms with Gasteiger partial charge >= 0.3 is 6.09 Å². The molecule has 6 heteroatoms. The molecule has 0 saturated carbocycles. The van der Waals surface area contributed by atoms with E-state index in [1.165, 1.54) is 5.56 Å². The van der Waals surface area contributed by atoms with Crippen molar-refractivity contribution in [2.75, 3.05) is 31.1 Å². The maximum Gasteiger partial charge on any atom is 0.410 e. The van der Waals surface area contributed by atoms with Crippen LogP contribution in [0.15, 0.2) is 12.3 Å². The van der Waals surface area contributed by atoms with Crippen LogP contribution in [0.3, 0.4) is 0 Å². The summed E-state index contributed by atoms with van der Waals surface area (Å²) in [7, 11) is 0. The molecular formula is C18H28N4O2. The molecule has 6 nitrogen and oxygen atoms in total. The van der Waals surface area contributed by atoms with Gasteiger partial charge in [-0.1, -0.05) is 0 Å². The first-order valence-electron chi connectivity index (χ1n) is 8.78. The van der Waals surface area contributed by atoms with Gasteiger partial charge in [0, 0.05) is 44.3 Å². The number of hydrogen-bond donors (Lipinski definition) is 1. The van der Waals surface area contributed by atoms with E-state index >= 15 is 0 Å². The summed E-state index contributed by atoms with van der Waals surface area (Å²) < 4.78 is 5.45. The first-order chi connectivity index (χ1) is 11.3. The molecule has 1 aliphatic heterocycles. The number of pyridine rings is 1. The van der Waals surface area contributed by atoms with Gasteiger partial charge in [0.05, 0.1) is 11.9 Å². The zero-order valence-electron chi connectivity index (χ0n) is 14.9. The Morgan fingerprint density at radius 1 is 1.29 bits per heavy atom. The van der Waals surface area contributed by atoms with Gasteiger partial charge in [-0.15, -0.1) is 0 Å². The van der Waals surface area contributed by atoms with Crippen molar-refractivity contribution >= 4 is 11.8 Å². The fourth-order valence-corrected chi connectivity index (χ4v) is 3.26. The van der Waals surface area contributed by atoms with E-state index in [9.17, 15) is 4.79 Å². The maximum atomic E-state index is 12.1. The van der Waals surface area contributed by atoms with Crippen molar-refractivity contribution in [2.45, 2.75) is 51.7 Å². The average Bonchev–Trinajstić information content (AvgIpc) is 2.53. The molecule has 1 aliphatic carbocycles. The van der Waals surface area contributed by atoms with Crippen LogP contribution in [0.4, 0.5) is 10.5 Å². The number of ether oxygens (including phenoxy) is 1. The SMILES string of the molecule is CC(C)(C)OC(=O)N1CCN(c2cnc3c(c2)CC[C@H](N)C3)CC1. The fourth-order valence-electron chi connectivity index (χ4n) is 3.26. The number of aryl methyl sites for hydroxylation is 1. The summed E-state index contributed by atoms with van der Waals surface area (Å²) >= 11 is 0. The van der Waals surface area contributed by atoms with E-state index in [1.807, 2.05) is 27.0 Å². The Morgan fingerprint density at radius 2 is 2.00 bits per heavy atom. The van der Waals surface area contributed by atoms with E-state index in [-0.39, 0.29) is 12.1 Å².